The summed E-state index contributed by atoms with van der Waals surface area (Å²) in [7, 11) is 2.03. The SMILES string of the molecule is Cn1ccnc1N1CCN(c2ccccc2N)CC1. The molecule has 0 radical (unpaired) electrons. The van der Waals surface area contributed by atoms with Crippen molar-refractivity contribution in [2.75, 3.05) is 41.7 Å². The van der Waals surface area contributed by atoms with Crippen LogP contribution in [0.5, 0.6) is 0 Å². The van der Waals surface area contributed by atoms with Crippen LogP contribution in [0.4, 0.5) is 17.3 Å². The largest absolute Gasteiger partial charge is 0.397 e. The fraction of sp³-hybridized carbons (Fsp3) is 0.357. The van der Waals surface area contributed by atoms with Gasteiger partial charge < -0.3 is 20.1 Å². The molecule has 100 valence electrons. The van der Waals surface area contributed by atoms with Gasteiger partial charge in [0.1, 0.15) is 0 Å². The first kappa shape index (κ1) is 11.9. The number of anilines is 3. The summed E-state index contributed by atoms with van der Waals surface area (Å²) in [5.74, 6) is 1.04. The van der Waals surface area contributed by atoms with Crippen LogP contribution < -0.4 is 15.5 Å². The van der Waals surface area contributed by atoms with Crippen molar-refractivity contribution in [1.82, 2.24) is 9.55 Å². The number of para-hydroxylation sites is 2. The highest BCUT2D eigenvalue weighted by molar-refractivity contribution is 5.67. The van der Waals surface area contributed by atoms with Crippen molar-refractivity contribution in [2.45, 2.75) is 0 Å². The van der Waals surface area contributed by atoms with Crippen LogP contribution in [0, 0.1) is 0 Å². The van der Waals surface area contributed by atoms with Gasteiger partial charge in [-0.05, 0) is 12.1 Å². The van der Waals surface area contributed by atoms with Crippen LogP contribution in [0.2, 0.25) is 0 Å². The average molecular weight is 257 g/mol. The van der Waals surface area contributed by atoms with Gasteiger partial charge in [0.25, 0.3) is 0 Å². The molecule has 1 aromatic carbocycles. The number of nitrogen functional groups attached to an aromatic ring is 1. The summed E-state index contributed by atoms with van der Waals surface area (Å²) in [6.07, 6.45) is 3.83. The topological polar surface area (TPSA) is 50.3 Å². The first-order valence-electron chi connectivity index (χ1n) is 6.57. The molecule has 1 aliphatic rings. The number of hydrogen-bond acceptors (Lipinski definition) is 4. The van der Waals surface area contributed by atoms with Crippen molar-refractivity contribution in [3.05, 3.63) is 36.7 Å². The maximum absolute atomic E-state index is 6.03. The van der Waals surface area contributed by atoms with Gasteiger partial charge in [0.05, 0.1) is 11.4 Å². The van der Waals surface area contributed by atoms with E-state index >= 15 is 0 Å². The molecule has 19 heavy (non-hydrogen) atoms. The third-order valence-electron chi connectivity index (χ3n) is 3.64. The summed E-state index contributed by atoms with van der Waals surface area (Å²) >= 11 is 0. The number of benzene rings is 1. The lowest BCUT2D eigenvalue weighted by atomic mass is 10.2. The van der Waals surface area contributed by atoms with Crippen molar-refractivity contribution in [2.24, 2.45) is 7.05 Å². The summed E-state index contributed by atoms with van der Waals surface area (Å²) in [5, 5.41) is 0. The molecule has 5 nitrogen and oxygen atoms in total. The molecule has 0 unspecified atom stereocenters. The van der Waals surface area contributed by atoms with Gasteiger partial charge in [-0.25, -0.2) is 4.98 Å². The molecule has 0 bridgehead atoms. The molecule has 0 atom stereocenters. The standard InChI is InChI=1S/C14H19N5/c1-17-7-6-16-14(17)19-10-8-18(9-11-19)13-5-3-2-4-12(13)15/h2-7H,8-11,15H2,1H3. The van der Waals surface area contributed by atoms with Crippen molar-refractivity contribution in [3.8, 4) is 0 Å². The summed E-state index contributed by atoms with van der Waals surface area (Å²) in [6.45, 7) is 3.89. The summed E-state index contributed by atoms with van der Waals surface area (Å²) < 4.78 is 2.06. The zero-order valence-electron chi connectivity index (χ0n) is 11.2. The van der Waals surface area contributed by atoms with Gasteiger partial charge in [0, 0.05) is 45.6 Å². The van der Waals surface area contributed by atoms with E-state index in [-0.39, 0.29) is 0 Å². The predicted molar refractivity (Wildman–Crippen MR) is 78.5 cm³/mol. The van der Waals surface area contributed by atoms with Gasteiger partial charge >= 0.3 is 0 Å². The molecule has 0 amide bonds. The van der Waals surface area contributed by atoms with Crippen LogP contribution in [0.3, 0.4) is 0 Å². The van der Waals surface area contributed by atoms with Gasteiger partial charge in [0.15, 0.2) is 0 Å². The van der Waals surface area contributed by atoms with E-state index in [2.05, 4.69) is 25.4 Å². The number of rotatable bonds is 2. The van der Waals surface area contributed by atoms with Crippen LogP contribution in [-0.2, 0) is 7.05 Å². The first-order chi connectivity index (χ1) is 9.25. The Labute approximate surface area is 113 Å². The van der Waals surface area contributed by atoms with Crippen LogP contribution in [0.25, 0.3) is 0 Å². The fourth-order valence-corrected chi connectivity index (χ4v) is 2.59. The predicted octanol–water partition coefficient (Wildman–Crippen LogP) is 1.33. The third-order valence-corrected chi connectivity index (χ3v) is 3.64. The molecule has 0 aliphatic carbocycles. The lowest BCUT2D eigenvalue weighted by Crippen LogP contribution is -2.47. The number of piperazine rings is 1. The molecule has 2 N–H and O–H groups in total. The minimum Gasteiger partial charge on any atom is -0.397 e. The molecule has 1 aliphatic heterocycles. The monoisotopic (exact) mass is 257 g/mol. The molecule has 1 aromatic heterocycles. The zero-order chi connectivity index (χ0) is 13.2. The van der Waals surface area contributed by atoms with Gasteiger partial charge in [0.2, 0.25) is 5.95 Å². The van der Waals surface area contributed by atoms with Crippen molar-refractivity contribution < 1.29 is 0 Å². The van der Waals surface area contributed by atoms with Crippen molar-refractivity contribution in [3.63, 3.8) is 0 Å². The maximum atomic E-state index is 6.03. The molecule has 1 fully saturated rings. The second-order valence-corrected chi connectivity index (χ2v) is 4.87. The zero-order valence-corrected chi connectivity index (χ0v) is 11.2. The Hall–Kier alpha value is -2.17. The van der Waals surface area contributed by atoms with E-state index in [1.807, 2.05) is 37.6 Å². The van der Waals surface area contributed by atoms with E-state index in [0.717, 1.165) is 43.5 Å². The van der Waals surface area contributed by atoms with Gasteiger partial charge in [-0.1, -0.05) is 12.1 Å². The van der Waals surface area contributed by atoms with Gasteiger partial charge in [-0.3, -0.25) is 0 Å². The fourth-order valence-electron chi connectivity index (χ4n) is 2.59. The molecule has 0 spiro atoms. The van der Waals surface area contributed by atoms with E-state index in [4.69, 9.17) is 5.73 Å². The smallest absolute Gasteiger partial charge is 0.205 e. The Balaban J connectivity index is 1.70. The highest BCUT2D eigenvalue weighted by Gasteiger charge is 2.20. The molecular formula is C14H19N5. The normalized spacial score (nSPS) is 15.8. The quantitative estimate of drug-likeness (QED) is 0.825. The van der Waals surface area contributed by atoms with Gasteiger partial charge in [-0.15, -0.1) is 0 Å². The molecule has 2 aromatic rings. The molecule has 3 rings (SSSR count). The lowest BCUT2D eigenvalue weighted by Gasteiger charge is -2.37. The summed E-state index contributed by atoms with van der Waals surface area (Å²) in [5.41, 5.74) is 8.03. The van der Waals surface area contributed by atoms with Crippen molar-refractivity contribution >= 4 is 17.3 Å². The Bertz CT molecular complexity index is 554. The minimum atomic E-state index is 0.855. The number of hydrogen-bond donors (Lipinski definition) is 1. The summed E-state index contributed by atoms with van der Waals surface area (Å²) in [4.78, 5) is 9.06. The van der Waals surface area contributed by atoms with E-state index in [1.165, 1.54) is 0 Å². The number of aryl methyl sites for hydroxylation is 1. The van der Waals surface area contributed by atoms with Crippen LogP contribution in [0.1, 0.15) is 0 Å². The Morgan fingerprint density at radius 1 is 1.05 bits per heavy atom. The first-order valence-corrected chi connectivity index (χ1v) is 6.57. The Kier molecular flexibility index (Phi) is 3.03. The van der Waals surface area contributed by atoms with E-state index < -0.39 is 0 Å². The third kappa shape index (κ3) is 2.23. The average Bonchev–Trinajstić information content (AvgIpc) is 2.86. The van der Waals surface area contributed by atoms with Crippen LogP contribution in [0.15, 0.2) is 36.7 Å². The Morgan fingerprint density at radius 3 is 2.37 bits per heavy atom. The van der Waals surface area contributed by atoms with Crippen LogP contribution in [-0.4, -0.2) is 35.7 Å². The lowest BCUT2D eigenvalue weighted by molar-refractivity contribution is 0.631. The Morgan fingerprint density at radius 2 is 1.74 bits per heavy atom. The highest BCUT2D eigenvalue weighted by Crippen LogP contribution is 2.24. The number of nitrogens with zero attached hydrogens (tertiary/aromatic N) is 4. The van der Waals surface area contributed by atoms with Crippen molar-refractivity contribution in [1.29, 1.82) is 0 Å². The van der Waals surface area contributed by atoms with Crippen LogP contribution >= 0.6 is 0 Å². The highest BCUT2D eigenvalue weighted by atomic mass is 15.3. The van der Waals surface area contributed by atoms with E-state index in [0.29, 0.717) is 0 Å². The van der Waals surface area contributed by atoms with Gasteiger partial charge in [-0.2, -0.15) is 0 Å². The number of nitrogens with two attached hydrogens (primary N) is 1. The second kappa shape index (κ2) is 4.84. The molecule has 0 saturated carbocycles. The number of imidazole rings is 1. The molecule has 2 heterocycles. The number of aromatic nitrogens is 2. The molecule has 1 saturated heterocycles. The van der Waals surface area contributed by atoms with E-state index in [1.54, 1.807) is 0 Å². The van der Waals surface area contributed by atoms with E-state index in [9.17, 15) is 0 Å². The second-order valence-electron chi connectivity index (χ2n) is 4.87. The maximum Gasteiger partial charge on any atom is 0.205 e. The summed E-state index contributed by atoms with van der Waals surface area (Å²) in [6, 6.07) is 8.06. The minimum absolute atomic E-state index is 0.855. The molecular weight excluding hydrogens is 238 g/mol. The molecule has 5 heteroatoms.